The Bertz CT molecular complexity index is 750. The molecule has 0 bridgehead atoms. The number of nitrogens with zero attached hydrogens (tertiary/aromatic N) is 1. The van der Waals surface area contributed by atoms with Gasteiger partial charge in [-0.1, -0.05) is 52.7 Å². The van der Waals surface area contributed by atoms with Crippen molar-refractivity contribution in [3.63, 3.8) is 0 Å². The fraction of sp³-hybridized carbons (Fsp3) is 0.381. The lowest BCUT2D eigenvalue weighted by Gasteiger charge is -2.40. The van der Waals surface area contributed by atoms with Crippen molar-refractivity contribution in [1.82, 2.24) is 4.90 Å². The first-order valence-corrected chi connectivity index (χ1v) is 9.87. The summed E-state index contributed by atoms with van der Waals surface area (Å²) in [5, 5.41) is 9.80. The van der Waals surface area contributed by atoms with Gasteiger partial charge in [-0.3, -0.25) is 9.69 Å². The number of likely N-dealkylation sites (tertiary alicyclic amines) is 1. The molecule has 2 aromatic carbocycles. The van der Waals surface area contributed by atoms with Crippen LogP contribution in [0.15, 0.2) is 53.0 Å². The molecule has 1 heterocycles. The normalized spacial score (nSPS) is 19.1. The van der Waals surface area contributed by atoms with E-state index < -0.39 is 12.0 Å². The number of hydrogen-bond donors (Lipinski definition) is 1. The van der Waals surface area contributed by atoms with Gasteiger partial charge < -0.3 is 9.84 Å². The monoisotopic (exact) mass is 417 g/mol. The summed E-state index contributed by atoms with van der Waals surface area (Å²) in [6, 6.07) is 15.4. The SMILES string of the molecule is CCOc1ccc(Br)cc1C(c1ccccc1)N1CCCCC1C(=O)O. The molecular formula is C21H24BrNO3. The summed E-state index contributed by atoms with van der Waals surface area (Å²) in [5.74, 6) is 0.0536. The third kappa shape index (κ3) is 4.10. The van der Waals surface area contributed by atoms with Gasteiger partial charge in [-0.05, 0) is 50.1 Å². The predicted octanol–water partition coefficient (Wildman–Crippen LogP) is 4.88. The van der Waals surface area contributed by atoms with E-state index >= 15 is 0 Å². The molecule has 1 aliphatic heterocycles. The van der Waals surface area contributed by atoms with Crippen molar-refractivity contribution in [3.05, 3.63) is 64.1 Å². The first kappa shape index (κ1) is 18.9. The maximum Gasteiger partial charge on any atom is 0.320 e. The summed E-state index contributed by atoms with van der Waals surface area (Å²) in [6.45, 7) is 3.29. The van der Waals surface area contributed by atoms with E-state index in [9.17, 15) is 9.90 Å². The van der Waals surface area contributed by atoms with Gasteiger partial charge in [-0.15, -0.1) is 0 Å². The number of hydrogen-bond acceptors (Lipinski definition) is 3. The van der Waals surface area contributed by atoms with Crippen LogP contribution >= 0.6 is 15.9 Å². The average molecular weight is 418 g/mol. The summed E-state index contributed by atoms with van der Waals surface area (Å²) >= 11 is 3.57. The number of carboxylic acid groups (broad SMARTS) is 1. The molecule has 0 amide bonds. The number of carboxylic acids is 1. The highest BCUT2D eigenvalue weighted by Gasteiger charge is 2.36. The Morgan fingerprint density at radius 2 is 2.04 bits per heavy atom. The fourth-order valence-corrected chi connectivity index (χ4v) is 4.11. The third-order valence-corrected chi connectivity index (χ3v) is 5.34. The number of halogens is 1. The van der Waals surface area contributed by atoms with Crippen molar-refractivity contribution >= 4 is 21.9 Å². The third-order valence-electron chi connectivity index (χ3n) is 4.84. The number of carbonyl (C=O) groups is 1. The van der Waals surface area contributed by atoms with E-state index in [0.29, 0.717) is 13.0 Å². The minimum absolute atomic E-state index is 0.156. The van der Waals surface area contributed by atoms with E-state index in [0.717, 1.165) is 40.7 Å². The molecular weight excluding hydrogens is 394 g/mol. The number of ether oxygens (including phenoxy) is 1. The predicted molar refractivity (Wildman–Crippen MR) is 106 cm³/mol. The zero-order valence-electron chi connectivity index (χ0n) is 14.9. The maximum atomic E-state index is 11.9. The molecule has 4 nitrogen and oxygen atoms in total. The fourth-order valence-electron chi connectivity index (χ4n) is 3.73. The van der Waals surface area contributed by atoms with E-state index in [2.05, 4.69) is 39.0 Å². The lowest BCUT2D eigenvalue weighted by molar-refractivity contribution is -0.145. The Hall–Kier alpha value is -1.85. The van der Waals surface area contributed by atoms with Crippen LogP contribution in [0, 0.1) is 0 Å². The van der Waals surface area contributed by atoms with Gasteiger partial charge in [0, 0.05) is 10.0 Å². The van der Waals surface area contributed by atoms with Gasteiger partial charge in [0.25, 0.3) is 0 Å². The molecule has 0 aliphatic carbocycles. The van der Waals surface area contributed by atoms with Crippen molar-refractivity contribution < 1.29 is 14.6 Å². The Morgan fingerprint density at radius 1 is 1.27 bits per heavy atom. The lowest BCUT2D eigenvalue weighted by atomic mass is 9.91. The molecule has 2 atom stereocenters. The summed E-state index contributed by atoms with van der Waals surface area (Å²) < 4.78 is 6.85. The van der Waals surface area contributed by atoms with Gasteiger partial charge in [-0.2, -0.15) is 0 Å². The zero-order chi connectivity index (χ0) is 18.5. The van der Waals surface area contributed by atoms with Gasteiger partial charge in [0.1, 0.15) is 11.8 Å². The molecule has 2 aromatic rings. The minimum atomic E-state index is -0.751. The van der Waals surface area contributed by atoms with Crippen LogP contribution in [0.3, 0.4) is 0 Å². The number of benzene rings is 2. The van der Waals surface area contributed by atoms with E-state index in [1.54, 1.807) is 0 Å². The second kappa shape index (κ2) is 8.69. The van der Waals surface area contributed by atoms with Crippen LogP contribution in [0.2, 0.25) is 0 Å². The Balaban J connectivity index is 2.13. The van der Waals surface area contributed by atoms with Gasteiger partial charge in [0.05, 0.1) is 12.6 Å². The van der Waals surface area contributed by atoms with Gasteiger partial charge in [-0.25, -0.2) is 0 Å². The number of piperidine rings is 1. The largest absolute Gasteiger partial charge is 0.494 e. The van der Waals surface area contributed by atoms with Gasteiger partial charge >= 0.3 is 5.97 Å². The first-order chi connectivity index (χ1) is 12.6. The summed E-state index contributed by atoms with van der Waals surface area (Å²) in [6.07, 6.45) is 2.63. The van der Waals surface area contributed by atoms with Crippen LogP contribution in [0.5, 0.6) is 5.75 Å². The second-order valence-electron chi connectivity index (χ2n) is 6.52. The molecule has 2 unspecified atom stereocenters. The first-order valence-electron chi connectivity index (χ1n) is 9.07. The molecule has 0 aromatic heterocycles. The minimum Gasteiger partial charge on any atom is -0.494 e. The molecule has 0 spiro atoms. The molecule has 138 valence electrons. The molecule has 26 heavy (non-hydrogen) atoms. The quantitative estimate of drug-likeness (QED) is 0.727. The molecule has 0 radical (unpaired) electrons. The van der Waals surface area contributed by atoms with Crippen LogP contribution in [0.1, 0.15) is 43.4 Å². The molecule has 1 N–H and O–H groups in total. The van der Waals surface area contributed by atoms with E-state index in [4.69, 9.17) is 4.74 Å². The van der Waals surface area contributed by atoms with Crippen molar-refractivity contribution in [2.45, 2.75) is 38.3 Å². The highest BCUT2D eigenvalue weighted by atomic mass is 79.9. The van der Waals surface area contributed by atoms with Crippen LogP contribution in [-0.2, 0) is 4.79 Å². The molecule has 0 saturated carbocycles. The molecule has 5 heteroatoms. The van der Waals surface area contributed by atoms with Gasteiger partial charge in [0.2, 0.25) is 0 Å². The topological polar surface area (TPSA) is 49.8 Å². The smallest absolute Gasteiger partial charge is 0.320 e. The molecule has 1 fully saturated rings. The van der Waals surface area contributed by atoms with Crippen molar-refractivity contribution in [2.75, 3.05) is 13.2 Å². The standard InChI is InChI=1S/C21H24BrNO3/c1-2-26-19-12-11-16(22)14-17(19)20(15-8-4-3-5-9-15)23-13-7-6-10-18(23)21(24)25/h3-5,8-9,11-12,14,18,20H,2,6-7,10,13H2,1H3,(H,24,25). The highest BCUT2D eigenvalue weighted by molar-refractivity contribution is 9.10. The van der Waals surface area contributed by atoms with Crippen LogP contribution < -0.4 is 4.74 Å². The van der Waals surface area contributed by atoms with Crippen molar-refractivity contribution in [1.29, 1.82) is 0 Å². The van der Waals surface area contributed by atoms with Gasteiger partial charge in [0.15, 0.2) is 0 Å². The van der Waals surface area contributed by atoms with E-state index in [1.165, 1.54) is 0 Å². The Kier molecular flexibility index (Phi) is 6.33. The van der Waals surface area contributed by atoms with Crippen LogP contribution in [0.25, 0.3) is 0 Å². The average Bonchev–Trinajstić information content (AvgIpc) is 2.65. The second-order valence-corrected chi connectivity index (χ2v) is 7.43. The van der Waals surface area contributed by atoms with Crippen molar-refractivity contribution in [3.8, 4) is 5.75 Å². The lowest BCUT2D eigenvalue weighted by Crippen LogP contribution is -2.46. The number of rotatable bonds is 6. The Morgan fingerprint density at radius 3 is 2.73 bits per heavy atom. The van der Waals surface area contributed by atoms with Crippen molar-refractivity contribution in [2.24, 2.45) is 0 Å². The number of aliphatic carboxylic acids is 1. The molecule has 3 rings (SSSR count). The summed E-state index contributed by atoms with van der Waals surface area (Å²) in [4.78, 5) is 14.0. The summed E-state index contributed by atoms with van der Waals surface area (Å²) in [5.41, 5.74) is 2.08. The Labute approximate surface area is 162 Å². The van der Waals surface area contributed by atoms with Crippen LogP contribution in [0.4, 0.5) is 0 Å². The van der Waals surface area contributed by atoms with E-state index in [-0.39, 0.29) is 6.04 Å². The maximum absolute atomic E-state index is 11.9. The highest BCUT2D eigenvalue weighted by Crippen LogP contribution is 2.39. The molecule has 1 saturated heterocycles. The van der Waals surface area contributed by atoms with E-state index in [1.807, 2.05) is 37.3 Å². The zero-order valence-corrected chi connectivity index (χ0v) is 16.5. The van der Waals surface area contributed by atoms with Crippen LogP contribution in [-0.4, -0.2) is 35.2 Å². The molecule has 1 aliphatic rings. The summed E-state index contributed by atoms with van der Waals surface area (Å²) in [7, 11) is 0.